The first-order chi connectivity index (χ1) is 13.0. The van der Waals surface area contributed by atoms with Gasteiger partial charge in [-0.2, -0.15) is 0 Å². The maximum Gasteiger partial charge on any atom is 0.308 e. The second-order valence-electron chi connectivity index (χ2n) is 8.11. The monoisotopic (exact) mass is 386 g/mol. The number of ether oxygens (including phenoxy) is 5. The van der Waals surface area contributed by atoms with Gasteiger partial charge in [0, 0.05) is 12.8 Å². The largest absolute Gasteiger partial charge is 0.469 e. The van der Waals surface area contributed by atoms with Gasteiger partial charge < -0.3 is 33.9 Å². The predicted molar refractivity (Wildman–Crippen MR) is 91.8 cm³/mol. The van der Waals surface area contributed by atoms with Crippen molar-refractivity contribution in [1.29, 1.82) is 0 Å². The summed E-state index contributed by atoms with van der Waals surface area (Å²) in [6.45, 7) is -0.395. The summed E-state index contributed by atoms with van der Waals surface area (Å²) in [5.74, 6) is -0.953. The highest BCUT2D eigenvalue weighted by molar-refractivity contribution is 5.69. The molecule has 27 heavy (non-hydrogen) atoms. The molecule has 1 aliphatic carbocycles. The van der Waals surface area contributed by atoms with Gasteiger partial charge >= 0.3 is 5.97 Å². The minimum atomic E-state index is -1.03. The van der Waals surface area contributed by atoms with Gasteiger partial charge in [-0.3, -0.25) is 4.79 Å². The Morgan fingerprint density at radius 3 is 2.56 bits per heavy atom. The van der Waals surface area contributed by atoms with Crippen molar-refractivity contribution in [2.24, 2.45) is 0 Å². The number of aliphatic hydroxyl groups excluding tert-OH is 2. The first-order valence-electron chi connectivity index (χ1n) is 10.1. The van der Waals surface area contributed by atoms with Crippen LogP contribution in [-0.4, -0.2) is 78.4 Å². The van der Waals surface area contributed by atoms with Crippen LogP contribution in [0.25, 0.3) is 0 Å². The van der Waals surface area contributed by atoms with Crippen molar-refractivity contribution >= 4 is 5.97 Å². The molecule has 4 aliphatic rings. The average molecular weight is 386 g/mol. The zero-order valence-corrected chi connectivity index (χ0v) is 15.7. The molecule has 0 amide bonds. The number of esters is 1. The summed E-state index contributed by atoms with van der Waals surface area (Å²) in [7, 11) is 1.37. The highest BCUT2D eigenvalue weighted by atomic mass is 16.8. The van der Waals surface area contributed by atoms with Crippen LogP contribution in [-0.2, 0) is 28.5 Å². The van der Waals surface area contributed by atoms with Gasteiger partial charge in [0.1, 0.15) is 30.5 Å². The van der Waals surface area contributed by atoms with E-state index in [0.717, 1.165) is 32.1 Å². The summed E-state index contributed by atoms with van der Waals surface area (Å²) in [5, 5.41) is 19.8. The first-order valence-corrected chi connectivity index (χ1v) is 10.1. The van der Waals surface area contributed by atoms with Gasteiger partial charge in [-0.25, -0.2) is 0 Å². The lowest BCUT2D eigenvalue weighted by Gasteiger charge is -2.47. The fraction of sp³-hybridized carbons (Fsp3) is 0.947. The lowest BCUT2D eigenvalue weighted by Crippen LogP contribution is -2.62. The van der Waals surface area contributed by atoms with E-state index in [9.17, 15) is 15.0 Å². The number of hydrogen-bond acceptors (Lipinski definition) is 8. The van der Waals surface area contributed by atoms with Gasteiger partial charge in [0.25, 0.3) is 0 Å². The Morgan fingerprint density at radius 2 is 1.85 bits per heavy atom. The van der Waals surface area contributed by atoms with Crippen molar-refractivity contribution in [2.75, 3.05) is 13.7 Å². The van der Waals surface area contributed by atoms with E-state index in [0.29, 0.717) is 12.8 Å². The maximum atomic E-state index is 11.6. The van der Waals surface area contributed by atoms with Crippen LogP contribution >= 0.6 is 0 Å². The fourth-order valence-corrected chi connectivity index (χ4v) is 4.93. The van der Waals surface area contributed by atoms with Crippen LogP contribution in [0.3, 0.4) is 0 Å². The third-order valence-electron chi connectivity index (χ3n) is 6.30. The van der Waals surface area contributed by atoms with Crippen molar-refractivity contribution in [1.82, 2.24) is 0 Å². The lowest BCUT2D eigenvalue weighted by molar-refractivity contribution is -0.256. The van der Waals surface area contributed by atoms with Crippen LogP contribution in [0.1, 0.15) is 51.4 Å². The molecule has 4 rings (SSSR count). The molecule has 1 unspecified atom stereocenters. The molecule has 3 saturated heterocycles. The smallest absolute Gasteiger partial charge is 0.308 e. The molecule has 1 saturated carbocycles. The van der Waals surface area contributed by atoms with E-state index >= 15 is 0 Å². The lowest BCUT2D eigenvalue weighted by atomic mass is 9.87. The number of methoxy groups -OCH3 is 1. The van der Waals surface area contributed by atoms with Crippen LogP contribution in [0, 0.1) is 0 Å². The van der Waals surface area contributed by atoms with Gasteiger partial charge in [0.15, 0.2) is 5.79 Å². The average Bonchev–Trinajstić information content (AvgIpc) is 3.06. The highest BCUT2D eigenvalue weighted by Gasteiger charge is 2.60. The van der Waals surface area contributed by atoms with Crippen molar-refractivity contribution in [3.8, 4) is 0 Å². The summed E-state index contributed by atoms with van der Waals surface area (Å²) in [5.41, 5.74) is 0. The molecule has 0 aromatic rings. The van der Waals surface area contributed by atoms with Crippen molar-refractivity contribution < 1.29 is 38.7 Å². The molecule has 3 heterocycles. The van der Waals surface area contributed by atoms with E-state index in [4.69, 9.17) is 23.7 Å². The van der Waals surface area contributed by atoms with Gasteiger partial charge in [-0.05, 0) is 25.7 Å². The topological polar surface area (TPSA) is 104 Å². The number of carbonyl (C=O) groups excluding carboxylic acids is 1. The zero-order chi connectivity index (χ0) is 19.0. The predicted octanol–water partition coefficient (Wildman–Crippen LogP) is 0.662. The Balaban J connectivity index is 1.54. The molecule has 2 N–H and O–H groups in total. The Labute approximate surface area is 159 Å². The minimum Gasteiger partial charge on any atom is -0.469 e. The first kappa shape index (κ1) is 19.5. The van der Waals surface area contributed by atoms with Crippen LogP contribution in [0.15, 0.2) is 0 Å². The second-order valence-corrected chi connectivity index (χ2v) is 8.11. The van der Waals surface area contributed by atoms with Gasteiger partial charge in [-0.1, -0.05) is 6.42 Å². The molecule has 3 aliphatic heterocycles. The fourth-order valence-electron chi connectivity index (χ4n) is 4.93. The quantitative estimate of drug-likeness (QED) is 0.680. The molecule has 8 nitrogen and oxygen atoms in total. The molecular formula is C19H30O8. The summed E-state index contributed by atoms with van der Waals surface area (Å²) >= 11 is 0. The summed E-state index contributed by atoms with van der Waals surface area (Å²) < 4.78 is 29.8. The summed E-state index contributed by atoms with van der Waals surface area (Å²) in [4.78, 5) is 11.6. The second kappa shape index (κ2) is 7.93. The normalized spacial score (nSPS) is 41.6. The molecule has 154 valence electrons. The number of fused-ring (bicyclic) bond motifs is 3. The number of carbonyl (C=O) groups is 1. The van der Waals surface area contributed by atoms with Crippen molar-refractivity contribution in [3.63, 3.8) is 0 Å². The van der Waals surface area contributed by atoms with E-state index in [-0.39, 0.29) is 36.8 Å². The molecule has 7 atom stereocenters. The third kappa shape index (κ3) is 3.75. The standard InChI is InChI=1S/C19H30O8/c1-23-14(22)9-11-5-6-13-16(24-11)18-17(15(25-13)12(21)10-20)26-19(27-18)7-3-2-4-8-19/h11-13,15-18,20-21H,2-10H2,1H3/t11-,12?,13+,15+,16+,17-,18+/m1/s1. The van der Waals surface area contributed by atoms with E-state index in [1.54, 1.807) is 0 Å². The Kier molecular flexibility index (Phi) is 5.74. The van der Waals surface area contributed by atoms with Crippen molar-refractivity contribution in [2.45, 2.75) is 99.9 Å². The number of rotatable bonds is 4. The molecule has 0 aromatic carbocycles. The van der Waals surface area contributed by atoms with Crippen LogP contribution in [0.4, 0.5) is 0 Å². The van der Waals surface area contributed by atoms with E-state index < -0.39 is 30.7 Å². The maximum absolute atomic E-state index is 11.6. The van der Waals surface area contributed by atoms with Gasteiger partial charge in [0.2, 0.25) is 0 Å². The third-order valence-corrected chi connectivity index (χ3v) is 6.30. The van der Waals surface area contributed by atoms with Crippen LogP contribution < -0.4 is 0 Å². The molecule has 0 radical (unpaired) electrons. The van der Waals surface area contributed by atoms with Crippen LogP contribution in [0.5, 0.6) is 0 Å². The Morgan fingerprint density at radius 1 is 1.11 bits per heavy atom. The van der Waals surface area contributed by atoms with Crippen LogP contribution in [0.2, 0.25) is 0 Å². The summed E-state index contributed by atoms with van der Waals surface area (Å²) in [6.07, 6.45) is 3.00. The molecule has 0 bridgehead atoms. The summed E-state index contributed by atoms with van der Waals surface area (Å²) in [6, 6.07) is 0. The number of hydrogen-bond donors (Lipinski definition) is 2. The zero-order valence-electron chi connectivity index (χ0n) is 15.7. The molecule has 8 heteroatoms. The van der Waals surface area contributed by atoms with E-state index in [1.165, 1.54) is 7.11 Å². The number of aliphatic hydroxyl groups is 2. The van der Waals surface area contributed by atoms with Gasteiger partial charge in [0.05, 0.1) is 32.3 Å². The highest BCUT2D eigenvalue weighted by Crippen LogP contribution is 2.47. The molecule has 1 spiro atoms. The minimum absolute atomic E-state index is 0.200. The van der Waals surface area contributed by atoms with Crippen molar-refractivity contribution in [3.05, 3.63) is 0 Å². The van der Waals surface area contributed by atoms with E-state index in [2.05, 4.69) is 0 Å². The molecular weight excluding hydrogens is 356 g/mol. The molecule has 4 fully saturated rings. The van der Waals surface area contributed by atoms with Gasteiger partial charge in [-0.15, -0.1) is 0 Å². The SMILES string of the molecule is COC(=O)C[C@H]1CC[C@@H]2O[C@@H](C(O)CO)[C@H]3OC4(CCCCC4)O[C@H]3[C@H]2O1. The molecule has 0 aromatic heterocycles. The Bertz CT molecular complexity index is 534. The van der Waals surface area contributed by atoms with E-state index in [1.807, 2.05) is 0 Å². The Hall–Kier alpha value is -0.770.